The molecule has 2 aromatic rings. The van der Waals surface area contributed by atoms with E-state index in [1.54, 1.807) is 6.26 Å². The number of fused-ring (bicyclic) bond motifs is 4. The zero-order chi connectivity index (χ0) is 16.1. The largest absolute Gasteiger partial charge is 0.470 e. The molecular formula is C19H21N3O2. The predicted molar refractivity (Wildman–Crippen MR) is 90.9 cm³/mol. The summed E-state index contributed by atoms with van der Waals surface area (Å²) in [5.74, 6) is 1.87. The van der Waals surface area contributed by atoms with Gasteiger partial charge in [-0.25, -0.2) is 0 Å². The minimum Gasteiger partial charge on any atom is -0.470 e. The highest BCUT2D eigenvalue weighted by molar-refractivity contribution is 5.64. The van der Waals surface area contributed by atoms with E-state index in [1.807, 2.05) is 12.1 Å². The van der Waals surface area contributed by atoms with E-state index < -0.39 is 0 Å². The smallest absolute Gasteiger partial charge is 0.182 e. The molecule has 24 heavy (non-hydrogen) atoms. The number of benzene rings is 1. The van der Waals surface area contributed by atoms with Crippen LogP contribution in [0.3, 0.4) is 0 Å². The average Bonchev–Trinajstić information content (AvgIpc) is 3.27. The SMILES string of the molecule is CN1CCC2(CC1)Oc1ccccc1C1C=C(c3ccco3)NN12. The van der Waals surface area contributed by atoms with Gasteiger partial charge in [0.1, 0.15) is 5.75 Å². The minimum absolute atomic E-state index is 0.165. The van der Waals surface area contributed by atoms with Gasteiger partial charge in [-0.2, -0.15) is 5.01 Å². The molecule has 1 spiro atoms. The van der Waals surface area contributed by atoms with Crippen LogP contribution in [-0.4, -0.2) is 35.8 Å². The van der Waals surface area contributed by atoms with Crippen LogP contribution in [0.2, 0.25) is 0 Å². The van der Waals surface area contributed by atoms with Gasteiger partial charge in [-0.15, -0.1) is 0 Å². The van der Waals surface area contributed by atoms with Crippen LogP contribution in [0, 0.1) is 0 Å². The van der Waals surface area contributed by atoms with Crippen LogP contribution in [0.5, 0.6) is 5.75 Å². The van der Waals surface area contributed by atoms with E-state index in [-0.39, 0.29) is 11.8 Å². The van der Waals surface area contributed by atoms with Gasteiger partial charge in [0.2, 0.25) is 0 Å². The molecular weight excluding hydrogens is 302 g/mol. The molecule has 1 saturated heterocycles. The number of hydrogen-bond acceptors (Lipinski definition) is 5. The van der Waals surface area contributed by atoms with Gasteiger partial charge in [-0.3, -0.25) is 0 Å². The lowest BCUT2D eigenvalue weighted by atomic mass is 9.93. The maximum atomic E-state index is 6.56. The number of likely N-dealkylation sites (tertiary alicyclic amines) is 1. The number of hydrogen-bond donors (Lipinski definition) is 1. The van der Waals surface area contributed by atoms with Gasteiger partial charge in [-0.05, 0) is 31.3 Å². The first kappa shape index (κ1) is 14.1. The van der Waals surface area contributed by atoms with Crippen LogP contribution in [0.4, 0.5) is 0 Å². The molecule has 1 aromatic carbocycles. The number of furan rings is 1. The predicted octanol–water partition coefficient (Wildman–Crippen LogP) is 3.00. The summed E-state index contributed by atoms with van der Waals surface area (Å²) in [4.78, 5) is 2.36. The fourth-order valence-electron chi connectivity index (χ4n) is 4.00. The summed E-state index contributed by atoms with van der Waals surface area (Å²) in [6.07, 6.45) is 5.91. The maximum absolute atomic E-state index is 6.56. The van der Waals surface area contributed by atoms with Crippen LogP contribution in [0.15, 0.2) is 53.2 Å². The topological polar surface area (TPSA) is 40.9 Å². The summed E-state index contributed by atoms with van der Waals surface area (Å²) < 4.78 is 12.2. The Bertz CT molecular complexity index is 776. The quantitative estimate of drug-likeness (QED) is 0.874. The Morgan fingerprint density at radius 2 is 1.96 bits per heavy atom. The Labute approximate surface area is 141 Å². The highest BCUT2D eigenvalue weighted by atomic mass is 16.5. The van der Waals surface area contributed by atoms with E-state index in [2.05, 4.69) is 52.7 Å². The highest BCUT2D eigenvalue weighted by Crippen LogP contribution is 2.48. The van der Waals surface area contributed by atoms with Crippen molar-refractivity contribution in [1.29, 1.82) is 0 Å². The molecule has 0 radical (unpaired) electrons. The third-order valence-electron chi connectivity index (χ3n) is 5.38. The van der Waals surface area contributed by atoms with Crippen molar-refractivity contribution in [2.45, 2.75) is 24.6 Å². The van der Waals surface area contributed by atoms with E-state index in [9.17, 15) is 0 Å². The van der Waals surface area contributed by atoms with Crippen LogP contribution in [0.1, 0.15) is 30.2 Å². The fourth-order valence-corrected chi connectivity index (χ4v) is 4.00. The van der Waals surface area contributed by atoms with Gasteiger partial charge in [0.05, 0.1) is 18.0 Å². The summed E-state index contributed by atoms with van der Waals surface area (Å²) in [5, 5.41) is 2.29. The minimum atomic E-state index is -0.309. The molecule has 1 atom stereocenters. The van der Waals surface area contributed by atoms with E-state index in [0.717, 1.165) is 43.1 Å². The van der Waals surface area contributed by atoms with E-state index in [0.29, 0.717) is 0 Å². The van der Waals surface area contributed by atoms with Gasteiger partial charge in [0, 0.05) is 31.5 Å². The Balaban J connectivity index is 1.58. The van der Waals surface area contributed by atoms with Crippen LogP contribution in [0.25, 0.3) is 5.70 Å². The first-order valence-corrected chi connectivity index (χ1v) is 8.53. The van der Waals surface area contributed by atoms with Crippen LogP contribution < -0.4 is 10.2 Å². The first-order valence-electron chi connectivity index (χ1n) is 8.53. The number of nitrogens with zero attached hydrogens (tertiary/aromatic N) is 2. The number of para-hydroxylation sites is 1. The summed E-state index contributed by atoms with van der Waals surface area (Å²) in [6.45, 7) is 2.06. The molecule has 1 aromatic heterocycles. The van der Waals surface area contributed by atoms with Crippen molar-refractivity contribution in [3.05, 3.63) is 60.1 Å². The third-order valence-corrected chi connectivity index (χ3v) is 5.38. The fraction of sp³-hybridized carbons (Fsp3) is 0.368. The zero-order valence-corrected chi connectivity index (χ0v) is 13.7. The Kier molecular flexibility index (Phi) is 3.02. The molecule has 5 rings (SSSR count). The number of rotatable bonds is 1. The molecule has 5 nitrogen and oxygen atoms in total. The van der Waals surface area contributed by atoms with Crippen LogP contribution >= 0.6 is 0 Å². The molecule has 3 aliphatic heterocycles. The van der Waals surface area contributed by atoms with Crippen molar-refractivity contribution in [2.24, 2.45) is 0 Å². The molecule has 1 fully saturated rings. The van der Waals surface area contributed by atoms with E-state index in [1.165, 1.54) is 5.56 Å². The van der Waals surface area contributed by atoms with Crippen molar-refractivity contribution in [2.75, 3.05) is 20.1 Å². The molecule has 4 heterocycles. The van der Waals surface area contributed by atoms with Gasteiger partial charge in [0.15, 0.2) is 11.5 Å². The van der Waals surface area contributed by atoms with E-state index in [4.69, 9.17) is 9.15 Å². The molecule has 1 unspecified atom stereocenters. The van der Waals surface area contributed by atoms with Crippen LogP contribution in [-0.2, 0) is 0 Å². The first-order chi connectivity index (χ1) is 11.8. The third kappa shape index (κ3) is 2.01. The number of ether oxygens (including phenoxy) is 1. The summed E-state index contributed by atoms with van der Waals surface area (Å²) in [7, 11) is 2.17. The van der Waals surface area contributed by atoms with Gasteiger partial charge in [-0.1, -0.05) is 18.2 Å². The van der Waals surface area contributed by atoms with Gasteiger partial charge < -0.3 is 19.5 Å². The van der Waals surface area contributed by atoms with Crippen molar-refractivity contribution < 1.29 is 9.15 Å². The highest BCUT2D eigenvalue weighted by Gasteiger charge is 2.51. The van der Waals surface area contributed by atoms with Gasteiger partial charge in [0.25, 0.3) is 0 Å². The zero-order valence-electron chi connectivity index (χ0n) is 13.7. The Hall–Kier alpha value is -2.24. The molecule has 3 aliphatic rings. The Morgan fingerprint density at radius 1 is 1.12 bits per heavy atom. The van der Waals surface area contributed by atoms with Crippen molar-refractivity contribution in [3.8, 4) is 5.75 Å². The molecule has 0 bridgehead atoms. The molecule has 124 valence electrons. The molecule has 5 heteroatoms. The maximum Gasteiger partial charge on any atom is 0.182 e. The standard InChI is InChI=1S/C19H21N3O2/c1-21-10-8-19(9-11-21)22-16(14-5-2-3-6-17(14)24-19)13-15(20-22)18-7-4-12-23-18/h2-7,12-13,16,20H,8-11H2,1H3. The summed E-state index contributed by atoms with van der Waals surface area (Å²) >= 11 is 0. The number of nitrogens with one attached hydrogen (secondary N) is 1. The molecule has 0 amide bonds. The molecule has 0 aliphatic carbocycles. The number of hydrazine groups is 1. The van der Waals surface area contributed by atoms with E-state index >= 15 is 0 Å². The monoisotopic (exact) mass is 323 g/mol. The Morgan fingerprint density at radius 3 is 2.75 bits per heavy atom. The van der Waals surface area contributed by atoms with Gasteiger partial charge >= 0.3 is 0 Å². The molecule has 0 saturated carbocycles. The average molecular weight is 323 g/mol. The second-order valence-corrected chi connectivity index (χ2v) is 6.87. The lowest BCUT2D eigenvalue weighted by Crippen LogP contribution is -2.63. The normalized spacial score (nSPS) is 25.5. The van der Waals surface area contributed by atoms with Crippen molar-refractivity contribution in [3.63, 3.8) is 0 Å². The number of piperidine rings is 1. The molecule has 1 N–H and O–H groups in total. The summed E-state index contributed by atoms with van der Waals surface area (Å²) in [5.41, 5.74) is 5.48. The lowest BCUT2D eigenvalue weighted by molar-refractivity contribution is -0.157. The summed E-state index contributed by atoms with van der Waals surface area (Å²) in [6, 6.07) is 12.4. The second kappa shape index (κ2) is 5.13. The lowest BCUT2D eigenvalue weighted by Gasteiger charge is -2.51. The van der Waals surface area contributed by atoms with Crippen molar-refractivity contribution in [1.82, 2.24) is 15.3 Å². The second-order valence-electron chi connectivity index (χ2n) is 6.87. The van der Waals surface area contributed by atoms with Crippen molar-refractivity contribution >= 4 is 5.70 Å².